The van der Waals surface area contributed by atoms with Crippen molar-refractivity contribution in [3.8, 4) is 0 Å². The van der Waals surface area contributed by atoms with Crippen LogP contribution in [0.3, 0.4) is 0 Å². The zero-order valence-corrected chi connectivity index (χ0v) is 11.3. The first-order valence-electron chi connectivity index (χ1n) is 6.64. The van der Waals surface area contributed by atoms with Gasteiger partial charge in [0.05, 0.1) is 5.92 Å². The lowest BCUT2D eigenvalue weighted by Gasteiger charge is -2.35. The summed E-state index contributed by atoms with van der Waals surface area (Å²) in [6.07, 6.45) is 6.47. The minimum Gasteiger partial charge on any atom is -0.291 e. The molecule has 1 aromatic heterocycles. The molecule has 2 atom stereocenters. The molecule has 2 aliphatic carbocycles. The Hall–Kier alpha value is -1.35. The highest BCUT2D eigenvalue weighted by molar-refractivity contribution is 5.55. The molecule has 3 rings (SSSR count). The number of pyridine rings is 1. The molecule has 0 aliphatic heterocycles. The van der Waals surface area contributed by atoms with Crippen LogP contribution in [0.15, 0.2) is 36.3 Å². The molecule has 2 N–H and O–H groups in total. The van der Waals surface area contributed by atoms with Gasteiger partial charge in [0.15, 0.2) is 12.4 Å². The average molecular weight is 245 g/mol. The summed E-state index contributed by atoms with van der Waals surface area (Å²) in [6.45, 7) is 6.90. The molecule has 0 spiro atoms. The van der Waals surface area contributed by atoms with Gasteiger partial charge >= 0.3 is 0 Å². The predicted molar refractivity (Wildman–Crippen MR) is 69.4 cm³/mol. The molecule has 0 aromatic carbocycles. The third kappa shape index (κ3) is 1.20. The molecule has 0 amide bonds. The van der Waals surface area contributed by atoms with Crippen molar-refractivity contribution in [2.75, 3.05) is 0 Å². The number of nitrogens with zero attached hydrogens (tertiary/aromatic N) is 1. The summed E-state index contributed by atoms with van der Waals surface area (Å²) >= 11 is 0. The lowest BCUT2D eigenvalue weighted by atomic mass is 9.69. The van der Waals surface area contributed by atoms with Crippen LogP contribution in [0.1, 0.15) is 33.6 Å². The largest absolute Gasteiger partial charge is 0.291 e. The Labute approximate surface area is 108 Å². The Morgan fingerprint density at radius 3 is 2.50 bits per heavy atom. The third-order valence-corrected chi connectivity index (χ3v) is 5.47. The maximum atomic E-state index is 9.60. The molecule has 96 valence electrons. The second kappa shape index (κ2) is 3.58. The van der Waals surface area contributed by atoms with Gasteiger partial charge in [-0.1, -0.05) is 26.8 Å². The zero-order chi connectivity index (χ0) is 13.0. The average Bonchev–Trinajstić information content (AvgIpc) is 2.70. The number of fused-ring (bicyclic) bond motifs is 2. The fourth-order valence-electron chi connectivity index (χ4n) is 3.93. The second-order valence-corrected chi connectivity index (χ2v) is 6.30. The topological polar surface area (TPSA) is 36.1 Å². The molecular weight excluding hydrogens is 224 g/mol. The number of hydroxylamine groups is 1. The summed E-state index contributed by atoms with van der Waals surface area (Å²) in [5.74, 6) is 0.504. The first-order valence-corrected chi connectivity index (χ1v) is 6.64. The molecule has 3 heteroatoms. The standard InChI is InChI=1S/C15H21N2O/c1-14(2)11-7-8-15(14,3)13(16-18)12(11)17-9-5-4-6-10-17/h4-6,9-11,16,18H,7-8H2,1-3H3/q+1/t11-,15+/m0/s1. The molecule has 0 radical (unpaired) electrons. The van der Waals surface area contributed by atoms with Crippen molar-refractivity contribution in [1.29, 1.82) is 0 Å². The Morgan fingerprint density at radius 1 is 1.22 bits per heavy atom. The van der Waals surface area contributed by atoms with E-state index in [0.717, 1.165) is 12.1 Å². The second-order valence-electron chi connectivity index (χ2n) is 6.30. The smallest absolute Gasteiger partial charge is 0.212 e. The number of aromatic nitrogens is 1. The first-order chi connectivity index (χ1) is 8.52. The van der Waals surface area contributed by atoms with E-state index < -0.39 is 0 Å². The highest BCUT2D eigenvalue weighted by Crippen LogP contribution is 2.67. The summed E-state index contributed by atoms with van der Waals surface area (Å²) in [5, 5.41) is 9.60. The lowest BCUT2D eigenvalue weighted by Crippen LogP contribution is -2.38. The molecular formula is C15H21N2O+. The molecule has 0 saturated heterocycles. The van der Waals surface area contributed by atoms with Gasteiger partial charge in [0, 0.05) is 17.5 Å². The van der Waals surface area contributed by atoms with E-state index in [0.29, 0.717) is 5.92 Å². The van der Waals surface area contributed by atoms with Crippen LogP contribution in [-0.4, -0.2) is 5.21 Å². The minimum absolute atomic E-state index is 0.0462. The first kappa shape index (κ1) is 11.7. The normalized spacial score (nSPS) is 33.0. The highest BCUT2D eigenvalue weighted by Gasteiger charge is 2.64. The van der Waals surface area contributed by atoms with Gasteiger partial charge in [0.1, 0.15) is 5.70 Å². The van der Waals surface area contributed by atoms with Crippen molar-refractivity contribution >= 4 is 5.70 Å². The summed E-state index contributed by atoms with van der Waals surface area (Å²) in [6, 6.07) is 6.08. The van der Waals surface area contributed by atoms with Gasteiger partial charge in [0.2, 0.25) is 5.70 Å². The van der Waals surface area contributed by atoms with Gasteiger partial charge in [-0.3, -0.25) is 10.7 Å². The molecule has 2 bridgehead atoms. The maximum Gasteiger partial charge on any atom is 0.212 e. The lowest BCUT2D eigenvalue weighted by molar-refractivity contribution is -0.587. The molecule has 3 nitrogen and oxygen atoms in total. The number of rotatable bonds is 2. The fraction of sp³-hybridized carbons (Fsp3) is 0.533. The van der Waals surface area contributed by atoms with Crippen LogP contribution in [-0.2, 0) is 0 Å². The third-order valence-electron chi connectivity index (χ3n) is 5.47. The van der Waals surface area contributed by atoms with Crippen LogP contribution < -0.4 is 10.0 Å². The Kier molecular flexibility index (Phi) is 2.33. The Balaban J connectivity index is 2.20. The number of allylic oxidation sites excluding steroid dienone is 2. The van der Waals surface area contributed by atoms with Crippen LogP contribution in [0.2, 0.25) is 0 Å². The molecule has 1 heterocycles. The van der Waals surface area contributed by atoms with Crippen molar-refractivity contribution in [2.24, 2.45) is 16.7 Å². The molecule has 1 aromatic rings. The maximum absolute atomic E-state index is 9.60. The van der Waals surface area contributed by atoms with Crippen LogP contribution >= 0.6 is 0 Å². The van der Waals surface area contributed by atoms with Crippen molar-refractivity contribution in [2.45, 2.75) is 33.6 Å². The SMILES string of the molecule is CC1(C)[C@H]2CC[C@]1(C)C(NO)=C2[n+]1ccccc1. The minimum atomic E-state index is 0.0462. The van der Waals surface area contributed by atoms with E-state index >= 15 is 0 Å². The van der Waals surface area contributed by atoms with Gasteiger partial charge in [-0.25, -0.2) is 0 Å². The van der Waals surface area contributed by atoms with Crippen LogP contribution in [0.25, 0.3) is 5.70 Å². The fourth-order valence-corrected chi connectivity index (χ4v) is 3.93. The summed E-state index contributed by atoms with van der Waals surface area (Å²) in [5.41, 5.74) is 4.97. The van der Waals surface area contributed by atoms with E-state index in [9.17, 15) is 5.21 Å². The van der Waals surface area contributed by atoms with Crippen LogP contribution in [0.4, 0.5) is 0 Å². The van der Waals surface area contributed by atoms with E-state index in [1.54, 1.807) is 0 Å². The van der Waals surface area contributed by atoms with Crippen LogP contribution in [0, 0.1) is 16.7 Å². The summed E-state index contributed by atoms with van der Waals surface area (Å²) in [7, 11) is 0. The van der Waals surface area contributed by atoms with Crippen molar-refractivity contribution in [3.05, 3.63) is 36.3 Å². The van der Waals surface area contributed by atoms with Crippen molar-refractivity contribution < 1.29 is 9.77 Å². The summed E-state index contributed by atoms with van der Waals surface area (Å²) in [4.78, 5) is 0. The van der Waals surface area contributed by atoms with Gasteiger partial charge in [-0.2, -0.15) is 4.57 Å². The van der Waals surface area contributed by atoms with E-state index in [4.69, 9.17) is 0 Å². The molecule has 1 saturated carbocycles. The number of hydrogen-bond acceptors (Lipinski definition) is 2. The van der Waals surface area contributed by atoms with Crippen LogP contribution in [0.5, 0.6) is 0 Å². The predicted octanol–water partition coefficient (Wildman–Crippen LogP) is 2.58. The van der Waals surface area contributed by atoms with Gasteiger partial charge in [-0.05, 0) is 18.3 Å². The van der Waals surface area contributed by atoms with Crippen molar-refractivity contribution in [3.63, 3.8) is 0 Å². The Bertz CT molecular complexity index is 506. The van der Waals surface area contributed by atoms with Gasteiger partial charge < -0.3 is 0 Å². The van der Waals surface area contributed by atoms with Crippen molar-refractivity contribution in [1.82, 2.24) is 5.48 Å². The highest BCUT2D eigenvalue weighted by atomic mass is 16.5. The molecule has 18 heavy (non-hydrogen) atoms. The van der Waals surface area contributed by atoms with Gasteiger partial charge in [0.25, 0.3) is 0 Å². The monoisotopic (exact) mass is 245 g/mol. The summed E-state index contributed by atoms with van der Waals surface area (Å²) < 4.78 is 2.15. The van der Waals surface area contributed by atoms with E-state index in [2.05, 4.69) is 43.2 Å². The van der Waals surface area contributed by atoms with E-state index in [1.165, 1.54) is 12.1 Å². The molecule has 0 unspecified atom stereocenters. The Morgan fingerprint density at radius 2 is 1.89 bits per heavy atom. The quantitative estimate of drug-likeness (QED) is 0.620. The number of hydrogen-bond donors (Lipinski definition) is 2. The molecule has 2 aliphatic rings. The van der Waals surface area contributed by atoms with E-state index in [-0.39, 0.29) is 10.8 Å². The number of nitrogens with one attached hydrogen (secondary N) is 1. The molecule has 1 fully saturated rings. The van der Waals surface area contributed by atoms with E-state index in [1.807, 2.05) is 18.2 Å². The van der Waals surface area contributed by atoms with Gasteiger partial charge in [-0.15, -0.1) is 0 Å². The zero-order valence-electron chi connectivity index (χ0n) is 11.3.